The topological polar surface area (TPSA) is 46.6 Å². The minimum Gasteiger partial charge on any atom is -0.466 e. The highest BCUT2D eigenvalue weighted by Crippen LogP contribution is 2.40. The van der Waals surface area contributed by atoms with E-state index in [-0.39, 0.29) is 30.1 Å². The predicted molar refractivity (Wildman–Crippen MR) is 77.1 cm³/mol. The molecule has 1 unspecified atom stereocenters. The van der Waals surface area contributed by atoms with E-state index >= 15 is 0 Å². The third-order valence-electron chi connectivity index (χ3n) is 2.85. The van der Waals surface area contributed by atoms with Gasteiger partial charge in [0.15, 0.2) is 0 Å². The Balaban J connectivity index is 1.89. The van der Waals surface area contributed by atoms with Crippen LogP contribution >= 0.6 is 23.1 Å². The van der Waals surface area contributed by atoms with Crippen molar-refractivity contribution in [2.24, 2.45) is 0 Å². The highest BCUT2D eigenvalue weighted by molar-refractivity contribution is 7.99. The number of thiophene rings is 1. The standard InChI is InChI=1S/C13H17NO3S2/c1-2-17-12(16)6-5-11(15)14-7-9-19-13(14)10-4-3-8-18-10/h3-4,8,13H,2,5-7,9H2,1H3. The normalized spacial score (nSPS) is 18.6. The monoisotopic (exact) mass is 299 g/mol. The molecule has 1 fully saturated rings. The van der Waals surface area contributed by atoms with E-state index in [0.717, 1.165) is 12.3 Å². The fraction of sp³-hybridized carbons (Fsp3) is 0.538. The number of carbonyl (C=O) groups excluding carboxylic acids is 2. The molecule has 0 aliphatic carbocycles. The summed E-state index contributed by atoms with van der Waals surface area (Å²) in [5.41, 5.74) is 0. The van der Waals surface area contributed by atoms with Crippen molar-refractivity contribution in [3.63, 3.8) is 0 Å². The molecule has 1 saturated heterocycles. The van der Waals surface area contributed by atoms with Gasteiger partial charge in [-0.15, -0.1) is 23.1 Å². The van der Waals surface area contributed by atoms with Crippen molar-refractivity contribution in [2.45, 2.75) is 25.1 Å². The number of ether oxygens (including phenoxy) is 1. The van der Waals surface area contributed by atoms with Gasteiger partial charge in [0, 0.05) is 23.6 Å². The molecular weight excluding hydrogens is 282 g/mol. The summed E-state index contributed by atoms with van der Waals surface area (Å²) in [6, 6.07) is 4.05. The number of hydrogen-bond acceptors (Lipinski definition) is 5. The molecule has 0 bridgehead atoms. The summed E-state index contributed by atoms with van der Waals surface area (Å²) in [5.74, 6) is 0.695. The van der Waals surface area contributed by atoms with Crippen LogP contribution in [0.1, 0.15) is 30.0 Å². The Morgan fingerprint density at radius 2 is 2.32 bits per heavy atom. The van der Waals surface area contributed by atoms with E-state index < -0.39 is 0 Å². The summed E-state index contributed by atoms with van der Waals surface area (Å²) in [6.45, 7) is 2.89. The molecule has 2 heterocycles. The van der Waals surface area contributed by atoms with E-state index in [4.69, 9.17) is 4.74 Å². The van der Waals surface area contributed by atoms with Crippen molar-refractivity contribution in [3.05, 3.63) is 22.4 Å². The summed E-state index contributed by atoms with van der Waals surface area (Å²) >= 11 is 3.45. The second-order valence-corrected chi connectivity index (χ2v) is 6.30. The van der Waals surface area contributed by atoms with Crippen LogP contribution in [0.15, 0.2) is 17.5 Å². The molecule has 1 atom stereocenters. The first-order valence-corrected chi connectivity index (χ1v) is 8.25. The van der Waals surface area contributed by atoms with Gasteiger partial charge >= 0.3 is 5.97 Å². The minimum absolute atomic E-state index is 0.0384. The zero-order chi connectivity index (χ0) is 13.7. The number of carbonyl (C=O) groups is 2. The molecule has 104 valence electrons. The maximum Gasteiger partial charge on any atom is 0.306 e. The number of amides is 1. The summed E-state index contributed by atoms with van der Waals surface area (Å²) < 4.78 is 4.84. The molecule has 1 aliphatic rings. The summed E-state index contributed by atoms with van der Waals surface area (Å²) in [6.07, 6.45) is 0.409. The van der Waals surface area contributed by atoms with E-state index in [2.05, 4.69) is 6.07 Å². The van der Waals surface area contributed by atoms with Crippen LogP contribution in [0.4, 0.5) is 0 Å². The zero-order valence-electron chi connectivity index (χ0n) is 10.8. The molecule has 1 aromatic rings. The molecule has 0 aromatic carbocycles. The van der Waals surface area contributed by atoms with Gasteiger partial charge in [0.25, 0.3) is 0 Å². The Hall–Kier alpha value is -1.01. The Labute approximate surface area is 121 Å². The molecular formula is C13H17NO3S2. The lowest BCUT2D eigenvalue weighted by molar-refractivity contribution is -0.145. The lowest BCUT2D eigenvalue weighted by Gasteiger charge is -2.22. The molecule has 0 N–H and O–H groups in total. The highest BCUT2D eigenvalue weighted by atomic mass is 32.2. The first-order chi connectivity index (χ1) is 9.22. The van der Waals surface area contributed by atoms with Crippen LogP contribution in [0, 0.1) is 0 Å². The summed E-state index contributed by atoms with van der Waals surface area (Å²) in [4.78, 5) is 26.5. The van der Waals surface area contributed by atoms with Gasteiger partial charge < -0.3 is 9.64 Å². The molecule has 2 rings (SSSR count). The molecule has 0 spiro atoms. The van der Waals surface area contributed by atoms with Gasteiger partial charge in [-0.1, -0.05) is 6.07 Å². The third kappa shape index (κ3) is 3.73. The molecule has 6 heteroatoms. The van der Waals surface area contributed by atoms with Crippen molar-refractivity contribution in [1.82, 2.24) is 4.90 Å². The quantitative estimate of drug-likeness (QED) is 0.784. The van der Waals surface area contributed by atoms with Crippen molar-refractivity contribution in [1.29, 1.82) is 0 Å². The maximum absolute atomic E-state index is 12.2. The van der Waals surface area contributed by atoms with E-state index in [1.54, 1.807) is 30.0 Å². The van der Waals surface area contributed by atoms with Crippen LogP contribution in [0.5, 0.6) is 0 Å². The maximum atomic E-state index is 12.2. The number of nitrogens with zero attached hydrogens (tertiary/aromatic N) is 1. The van der Waals surface area contributed by atoms with Crippen LogP contribution in [-0.2, 0) is 14.3 Å². The molecule has 1 aliphatic heterocycles. The van der Waals surface area contributed by atoms with E-state index in [9.17, 15) is 9.59 Å². The highest BCUT2D eigenvalue weighted by Gasteiger charge is 2.31. The van der Waals surface area contributed by atoms with E-state index in [1.165, 1.54) is 4.88 Å². The Morgan fingerprint density at radius 1 is 1.47 bits per heavy atom. The van der Waals surface area contributed by atoms with Crippen molar-refractivity contribution >= 4 is 35.0 Å². The summed E-state index contributed by atoms with van der Waals surface area (Å²) in [7, 11) is 0. The van der Waals surface area contributed by atoms with E-state index in [1.807, 2.05) is 16.3 Å². The average Bonchev–Trinajstić information content (AvgIpc) is 3.05. The average molecular weight is 299 g/mol. The first-order valence-electron chi connectivity index (χ1n) is 6.32. The van der Waals surface area contributed by atoms with Crippen LogP contribution in [0.25, 0.3) is 0 Å². The van der Waals surface area contributed by atoms with Gasteiger partial charge in [0.05, 0.1) is 13.0 Å². The molecule has 1 aromatic heterocycles. The fourth-order valence-electron chi connectivity index (χ4n) is 1.98. The smallest absolute Gasteiger partial charge is 0.306 e. The van der Waals surface area contributed by atoms with Crippen LogP contribution in [0.2, 0.25) is 0 Å². The van der Waals surface area contributed by atoms with Gasteiger partial charge in [-0.3, -0.25) is 9.59 Å². The van der Waals surface area contributed by atoms with Crippen molar-refractivity contribution < 1.29 is 14.3 Å². The third-order valence-corrected chi connectivity index (χ3v) is 5.16. The van der Waals surface area contributed by atoms with Gasteiger partial charge in [-0.2, -0.15) is 0 Å². The summed E-state index contributed by atoms with van der Waals surface area (Å²) in [5, 5.41) is 2.14. The minimum atomic E-state index is -0.296. The number of esters is 1. The van der Waals surface area contributed by atoms with Gasteiger partial charge in [-0.25, -0.2) is 0 Å². The number of rotatable bonds is 5. The Kier molecular flexibility index (Phi) is 5.27. The van der Waals surface area contributed by atoms with Crippen molar-refractivity contribution in [3.8, 4) is 0 Å². The van der Waals surface area contributed by atoms with E-state index in [0.29, 0.717) is 6.61 Å². The van der Waals surface area contributed by atoms with Crippen LogP contribution < -0.4 is 0 Å². The Morgan fingerprint density at radius 3 is 3.00 bits per heavy atom. The first kappa shape index (κ1) is 14.4. The predicted octanol–water partition coefficient (Wildman–Crippen LogP) is 2.67. The molecule has 4 nitrogen and oxygen atoms in total. The van der Waals surface area contributed by atoms with Crippen LogP contribution in [0.3, 0.4) is 0 Å². The van der Waals surface area contributed by atoms with Gasteiger partial charge in [-0.05, 0) is 18.4 Å². The van der Waals surface area contributed by atoms with Gasteiger partial charge in [0.1, 0.15) is 5.37 Å². The molecule has 1 amide bonds. The fourth-order valence-corrected chi connectivity index (χ4v) is 4.24. The van der Waals surface area contributed by atoms with Crippen molar-refractivity contribution in [2.75, 3.05) is 18.9 Å². The van der Waals surface area contributed by atoms with Gasteiger partial charge in [0.2, 0.25) is 5.91 Å². The largest absolute Gasteiger partial charge is 0.466 e. The molecule has 19 heavy (non-hydrogen) atoms. The second kappa shape index (κ2) is 6.96. The lowest BCUT2D eigenvalue weighted by Crippen LogP contribution is -2.30. The molecule has 0 radical (unpaired) electrons. The SMILES string of the molecule is CCOC(=O)CCC(=O)N1CCSC1c1cccs1. The zero-order valence-corrected chi connectivity index (χ0v) is 12.5. The lowest BCUT2D eigenvalue weighted by atomic mass is 10.2. The van der Waals surface area contributed by atoms with Crippen LogP contribution in [-0.4, -0.2) is 35.7 Å². The molecule has 0 saturated carbocycles. The number of thioether (sulfide) groups is 1. The second-order valence-electron chi connectivity index (χ2n) is 4.13. The number of hydrogen-bond donors (Lipinski definition) is 0. The Bertz CT molecular complexity index is 433.